The first-order chi connectivity index (χ1) is 10.8. The van der Waals surface area contributed by atoms with Crippen LogP contribution in [0.2, 0.25) is 0 Å². The van der Waals surface area contributed by atoms with Crippen LogP contribution in [0.5, 0.6) is 0 Å². The first-order valence-electron chi connectivity index (χ1n) is 7.84. The molecule has 2 aromatic rings. The molecule has 0 aromatic heterocycles. The Hall–Kier alpha value is -2.13. The number of likely N-dealkylation sites (N-methyl/N-ethyl adjacent to an activating group) is 1. The van der Waals surface area contributed by atoms with Gasteiger partial charge in [0.05, 0.1) is 12.3 Å². The normalized spacial score (nSPS) is 14.5. The lowest BCUT2D eigenvalue weighted by Gasteiger charge is -2.26. The maximum Gasteiger partial charge on any atom is 0.0740 e. The van der Waals surface area contributed by atoms with Crippen molar-refractivity contribution in [3.63, 3.8) is 0 Å². The van der Waals surface area contributed by atoms with E-state index < -0.39 is 0 Å². The molecule has 0 saturated heterocycles. The van der Waals surface area contributed by atoms with Crippen LogP contribution in [-0.2, 0) is 0 Å². The molecule has 3 rings (SSSR count). The minimum absolute atomic E-state index is 0.840. The summed E-state index contributed by atoms with van der Waals surface area (Å²) in [4.78, 5) is 9.56. The number of anilines is 1. The molecule has 3 nitrogen and oxygen atoms in total. The molecule has 0 spiro atoms. The summed E-state index contributed by atoms with van der Waals surface area (Å²) in [5.41, 5.74) is 4.85. The molecule has 22 heavy (non-hydrogen) atoms. The summed E-state index contributed by atoms with van der Waals surface area (Å²) in [6.07, 6.45) is 0. The quantitative estimate of drug-likeness (QED) is 0.863. The van der Waals surface area contributed by atoms with Gasteiger partial charge in [0.25, 0.3) is 0 Å². The maximum atomic E-state index is 4.87. The molecular weight excluding hydrogens is 270 g/mol. The molecule has 0 unspecified atom stereocenters. The predicted molar refractivity (Wildman–Crippen MR) is 94.2 cm³/mol. The molecular formula is C19H23N3. The Morgan fingerprint density at radius 2 is 1.73 bits per heavy atom. The minimum atomic E-state index is 0.840. The third kappa shape index (κ3) is 3.20. The third-order valence-electron chi connectivity index (χ3n) is 4.00. The number of benzene rings is 2. The van der Waals surface area contributed by atoms with E-state index in [-0.39, 0.29) is 0 Å². The Labute approximate surface area is 132 Å². The Balaban J connectivity index is 1.97. The van der Waals surface area contributed by atoms with E-state index in [1.165, 1.54) is 16.8 Å². The summed E-state index contributed by atoms with van der Waals surface area (Å²) in [7, 11) is 4.24. The second kappa shape index (κ2) is 6.75. The van der Waals surface area contributed by atoms with Crippen LogP contribution in [0.1, 0.15) is 11.1 Å². The monoisotopic (exact) mass is 293 g/mol. The van der Waals surface area contributed by atoms with Crippen LogP contribution >= 0.6 is 0 Å². The fourth-order valence-electron chi connectivity index (χ4n) is 2.83. The van der Waals surface area contributed by atoms with Crippen molar-refractivity contribution in [2.45, 2.75) is 0 Å². The van der Waals surface area contributed by atoms with Gasteiger partial charge in [-0.2, -0.15) is 0 Å². The number of rotatable bonds is 4. The van der Waals surface area contributed by atoms with Gasteiger partial charge in [0.2, 0.25) is 0 Å². The molecule has 0 N–H and O–H groups in total. The summed E-state index contributed by atoms with van der Waals surface area (Å²) >= 11 is 0. The lowest BCUT2D eigenvalue weighted by molar-refractivity contribution is 0.413. The van der Waals surface area contributed by atoms with Gasteiger partial charge >= 0.3 is 0 Å². The number of fused-ring (bicyclic) bond motifs is 1. The number of hydrogen-bond donors (Lipinski definition) is 0. The molecule has 0 amide bonds. The van der Waals surface area contributed by atoms with Gasteiger partial charge in [-0.3, -0.25) is 4.99 Å². The highest BCUT2D eigenvalue weighted by Gasteiger charge is 2.18. The van der Waals surface area contributed by atoms with Gasteiger partial charge in [0.1, 0.15) is 0 Å². The fraction of sp³-hybridized carbons (Fsp3) is 0.316. The summed E-state index contributed by atoms with van der Waals surface area (Å²) in [6.45, 7) is 3.89. The lowest BCUT2D eigenvalue weighted by atomic mass is 10.0. The Morgan fingerprint density at radius 3 is 2.50 bits per heavy atom. The summed E-state index contributed by atoms with van der Waals surface area (Å²) < 4.78 is 0. The van der Waals surface area contributed by atoms with E-state index in [2.05, 4.69) is 78.5 Å². The number of aliphatic imine (C=N–C) groups is 1. The van der Waals surface area contributed by atoms with Crippen molar-refractivity contribution in [1.29, 1.82) is 0 Å². The topological polar surface area (TPSA) is 18.8 Å². The number of hydrogen-bond acceptors (Lipinski definition) is 3. The Bertz CT molecular complexity index is 647. The van der Waals surface area contributed by atoms with Crippen LogP contribution < -0.4 is 4.90 Å². The zero-order valence-electron chi connectivity index (χ0n) is 13.4. The van der Waals surface area contributed by atoms with Crippen molar-refractivity contribution in [2.75, 3.05) is 45.2 Å². The second-order valence-electron chi connectivity index (χ2n) is 5.90. The summed E-state index contributed by atoms with van der Waals surface area (Å²) in [5.74, 6) is 0. The van der Waals surface area contributed by atoms with Crippen LogP contribution in [0.3, 0.4) is 0 Å². The second-order valence-corrected chi connectivity index (χ2v) is 5.90. The van der Waals surface area contributed by atoms with Crippen molar-refractivity contribution >= 4 is 11.4 Å². The number of nitrogens with zero attached hydrogens (tertiary/aromatic N) is 3. The Kier molecular flexibility index (Phi) is 4.54. The molecule has 1 aliphatic heterocycles. The largest absolute Gasteiger partial charge is 0.368 e. The molecule has 114 valence electrons. The average Bonchev–Trinajstić information content (AvgIpc) is 2.73. The van der Waals surface area contributed by atoms with Gasteiger partial charge in [-0.05, 0) is 20.2 Å². The van der Waals surface area contributed by atoms with Gasteiger partial charge in [-0.25, -0.2) is 0 Å². The van der Waals surface area contributed by atoms with E-state index in [1.54, 1.807) is 0 Å². The summed E-state index contributed by atoms with van der Waals surface area (Å²) in [6, 6.07) is 19.1. The molecule has 2 aromatic carbocycles. The molecule has 0 saturated carbocycles. The van der Waals surface area contributed by atoms with Crippen molar-refractivity contribution < 1.29 is 0 Å². The van der Waals surface area contributed by atoms with Crippen molar-refractivity contribution in [2.24, 2.45) is 4.99 Å². The zero-order chi connectivity index (χ0) is 15.4. The van der Waals surface area contributed by atoms with E-state index in [4.69, 9.17) is 4.99 Å². The summed E-state index contributed by atoms with van der Waals surface area (Å²) in [5, 5.41) is 0. The highest BCUT2D eigenvalue weighted by molar-refractivity contribution is 6.16. The SMILES string of the molecule is CN(C)CCN1CCN=C(c2ccccc2)c2ccccc21. The van der Waals surface area contributed by atoms with E-state index >= 15 is 0 Å². The molecule has 0 bridgehead atoms. The van der Waals surface area contributed by atoms with E-state index in [0.717, 1.165) is 31.9 Å². The smallest absolute Gasteiger partial charge is 0.0740 e. The number of benzodiazepines with no additional fused rings is 1. The standard InChI is InChI=1S/C19H23N3/c1-21(2)14-15-22-13-12-20-19(16-8-4-3-5-9-16)17-10-6-7-11-18(17)22/h3-11H,12-15H2,1-2H3. The average molecular weight is 293 g/mol. The van der Waals surface area contributed by atoms with Crippen LogP contribution in [0, 0.1) is 0 Å². The van der Waals surface area contributed by atoms with E-state index in [0.29, 0.717) is 0 Å². The molecule has 1 heterocycles. The van der Waals surface area contributed by atoms with E-state index in [9.17, 15) is 0 Å². The molecule has 3 heteroatoms. The molecule has 0 aliphatic carbocycles. The molecule has 0 radical (unpaired) electrons. The van der Waals surface area contributed by atoms with Crippen LogP contribution in [-0.4, -0.2) is 50.9 Å². The number of para-hydroxylation sites is 1. The van der Waals surface area contributed by atoms with Crippen LogP contribution in [0.25, 0.3) is 0 Å². The molecule has 0 atom stereocenters. The molecule has 1 aliphatic rings. The Morgan fingerprint density at radius 1 is 1.00 bits per heavy atom. The van der Waals surface area contributed by atoms with Crippen molar-refractivity contribution in [3.8, 4) is 0 Å². The maximum absolute atomic E-state index is 4.87. The van der Waals surface area contributed by atoms with Gasteiger partial charge in [-0.15, -0.1) is 0 Å². The highest BCUT2D eigenvalue weighted by atomic mass is 15.2. The minimum Gasteiger partial charge on any atom is -0.368 e. The predicted octanol–water partition coefficient (Wildman–Crippen LogP) is 2.91. The van der Waals surface area contributed by atoms with E-state index in [1.807, 2.05) is 0 Å². The third-order valence-corrected chi connectivity index (χ3v) is 4.00. The first kappa shape index (κ1) is 14.8. The van der Waals surface area contributed by atoms with Gasteiger partial charge in [0, 0.05) is 36.4 Å². The fourth-order valence-corrected chi connectivity index (χ4v) is 2.83. The lowest BCUT2D eigenvalue weighted by Crippen LogP contribution is -2.33. The van der Waals surface area contributed by atoms with Crippen LogP contribution in [0.4, 0.5) is 5.69 Å². The van der Waals surface area contributed by atoms with Gasteiger partial charge in [0.15, 0.2) is 0 Å². The van der Waals surface area contributed by atoms with Crippen molar-refractivity contribution in [1.82, 2.24) is 4.90 Å². The zero-order valence-corrected chi connectivity index (χ0v) is 13.4. The molecule has 0 fully saturated rings. The van der Waals surface area contributed by atoms with Crippen molar-refractivity contribution in [3.05, 3.63) is 65.7 Å². The van der Waals surface area contributed by atoms with Crippen LogP contribution in [0.15, 0.2) is 59.6 Å². The highest BCUT2D eigenvalue weighted by Crippen LogP contribution is 2.26. The van der Waals surface area contributed by atoms with Gasteiger partial charge in [-0.1, -0.05) is 48.5 Å². The van der Waals surface area contributed by atoms with Gasteiger partial charge < -0.3 is 9.80 Å². The first-order valence-corrected chi connectivity index (χ1v) is 7.84.